The van der Waals surface area contributed by atoms with Gasteiger partial charge in [0.1, 0.15) is 12.1 Å². The number of nitrogens with zero attached hydrogens (tertiary/aromatic N) is 2. The quantitative estimate of drug-likeness (QED) is 0.696. The fourth-order valence-electron chi connectivity index (χ4n) is 1.94. The first-order valence-corrected chi connectivity index (χ1v) is 7.00. The van der Waals surface area contributed by atoms with Gasteiger partial charge in [0.2, 0.25) is 0 Å². The SMILES string of the molecule is O=S(=O)(F)Oc1ccc(-n2cnc3ccccc32)cc1. The highest BCUT2D eigenvalue weighted by molar-refractivity contribution is 7.81. The van der Waals surface area contributed by atoms with E-state index < -0.39 is 10.5 Å². The molecule has 0 saturated carbocycles. The van der Waals surface area contributed by atoms with E-state index in [0.29, 0.717) is 0 Å². The zero-order valence-electron chi connectivity index (χ0n) is 10.1. The maximum Gasteiger partial charge on any atom is 0.488 e. The fraction of sp³-hybridized carbons (Fsp3) is 0. The van der Waals surface area contributed by atoms with Crippen LogP contribution < -0.4 is 4.18 Å². The summed E-state index contributed by atoms with van der Waals surface area (Å²) in [7, 11) is -5.00. The Kier molecular flexibility index (Phi) is 2.90. The van der Waals surface area contributed by atoms with Crippen molar-refractivity contribution in [3.05, 3.63) is 54.9 Å². The molecule has 0 amide bonds. The molecule has 7 heteroatoms. The van der Waals surface area contributed by atoms with Crippen LogP contribution in [0.15, 0.2) is 54.9 Å². The number of benzene rings is 2. The molecule has 20 heavy (non-hydrogen) atoms. The van der Waals surface area contributed by atoms with E-state index in [1.54, 1.807) is 18.5 Å². The summed E-state index contributed by atoms with van der Waals surface area (Å²) in [5.74, 6) is -0.0827. The van der Waals surface area contributed by atoms with Crippen LogP contribution in [0.2, 0.25) is 0 Å². The number of imidazole rings is 1. The Morgan fingerprint density at radius 1 is 1.05 bits per heavy atom. The minimum Gasteiger partial charge on any atom is -0.358 e. The Morgan fingerprint density at radius 2 is 1.75 bits per heavy atom. The predicted molar refractivity (Wildman–Crippen MR) is 71.7 cm³/mol. The van der Waals surface area contributed by atoms with Gasteiger partial charge in [0.15, 0.2) is 0 Å². The van der Waals surface area contributed by atoms with Crippen LogP contribution in [0.5, 0.6) is 5.75 Å². The van der Waals surface area contributed by atoms with Gasteiger partial charge in [0.25, 0.3) is 0 Å². The lowest BCUT2D eigenvalue weighted by atomic mass is 10.2. The minimum atomic E-state index is -5.00. The molecule has 0 atom stereocenters. The van der Waals surface area contributed by atoms with Gasteiger partial charge in [0.05, 0.1) is 11.0 Å². The maximum absolute atomic E-state index is 12.4. The van der Waals surface area contributed by atoms with E-state index in [2.05, 4.69) is 9.17 Å². The van der Waals surface area contributed by atoms with Crippen LogP contribution in [-0.2, 0) is 10.5 Å². The second-order valence-corrected chi connectivity index (χ2v) is 5.03. The van der Waals surface area contributed by atoms with Gasteiger partial charge in [-0.2, -0.15) is 8.42 Å². The van der Waals surface area contributed by atoms with Gasteiger partial charge in [-0.3, -0.25) is 4.57 Å². The summed E-state index contributed by atoms with van der Waals surface area (Å²) in [6, 6.07) is 13.6. The summed E-state index contributed by atoms with van der Waals surface area (Å²) < 4.78 is 39.1. The number of para-hydroxylation sites is 2. The monoisotopic (exact) mass is 292 g/mol. The predicted octanol–water partition coefficient (Wildman–Crippen LogP) is 2.62. The van der Waals surface area contributed by atoms with Crippen molar-refractivity contribution in [3.63, 3.8) is 0 Å². The van der Waals surface area contributed by atoms with Crippen LogP contribution in [0.4, 0.5) is 3.89 Å². The third-order valence-corrected chi connectivity index (χ3v) is 3.16. The van der Waals surface area contributed by atoms with Gasteiger partial charge in [0, 0.05) is 5.69 Å². The van der Waals surface area contributed by atoms with Crippen LogP contribution in [0.25, 0.3) is 16.7 Å². The standard InChI is InChI=1S/C13H9FN2O3S/c14-20(17,18)19-11-7-5-10(6-8-11)16-9-15-12-3-1-2-4-13(12)16/h1-9H. The molecule has 0 saturated heterocycles. The highest BCUT2D eigenvalue weighted by atomic mass is 32.3. The highest BCUT2D eigenvalue weighted by Crippen LogP contribution is 2.21. The van der Waals surface area contributed by atoms with Gasteiger partial charge >= 0.3 is 10.5 Å². The van der Waals surface area contributed by atoms with Crippen LogP contribution in [0.1, 0.15) is 0 Å². The van der Waals surface area contributed by atoms with Gasteiger partial charge < -0.3 is 4.18 Å². The molecule has 0 fully saturated rings. The molecule has 3 rings (SSSR count). The molecule has 0 N–H and O–H groups in total. The van der Waals surface area contributed by atoms with Gasteiger partial charge in [-0.05, 0) is 36.4 Å². The summed E-state index contributed by atoms with van der Waals surface area (Å²) in [4.78, 5) is 4.25. The Balaban J connectivity index is 1.99. The topological polar surface area (TPSA) is 61.2 Å². The zero-order chi connectivity index (χ0) is 14.2. The number of rotatable bonds is 3. The van der Waals surface area contributed by atoms with Crippen molar-refractivity contribution in [1.82, 2.24) is 9.55 Å². The molecule has 2 aromatic carbocycles. The molecular weight excluding hydrogens is 283 g/mol. The molecule has 5 nitrogen and oxygen atoms in total. The van der Waals surface area contributed by atoms with Crippen molar-refractivity contribution < 1.29 is 16.5 Å². The third-order valence-electron chi connectivity index (χ3n) is 2.76. The van der Waals surface area contributed by atoms with Crippen molar-refractivity contribution in [2.24, 2.45) is 0 Å². The van der Waals surface area contributed by atoms with E-state index in [1.807, 2.05) is 28.8 Å². The number of fused-ring (bicyclic) bond motifs is 1. The largest absolute Gasteiger partial charge is 0.488 e. The van der Waals surface area contributed by atoms with Crippen LogP contribution in [0.3, 0.4) is 0 Å². The Labute approximate surface area is 114 Å². The number of hydrogen-bond acceptors (Lipinski definition) is 4. The smallest absolute Gasteiger partial charge is 0.358 e. The molecule has 0 aliphatic carbocycles. The van der Waals surface area contributed by atoms with E-state index in [-0.39, 0.29) is 5.75 Å². The second kappa shape index (κ2) is 4.61. The Morgan fingerprint density at radius 3 is 2.45 bits per heavy atom. The molecule has 0 unspecified atom stereocenters. The molecule has 0 spiro atoms. The lowest BCUT2D eigenvalue weighted by molar-refractivity contribution is 0.440. The van der Waals surface area contributed by atoms with E-state index in [0.717, 1.165) is 16.7 Å². The van der Waals surface area contributed by atoms with Gasteiger partial charge in [-0.25, -0.2) is 4.98 Å². The van der Waals surface area contributed by atoms with Crippen molar-refractivity contribution in [3.8, 4) is 11.4 Å². The molecule has 0 radical (unpaired) electrons. The Bertz CT molecular complexity index is 857. The zero-order valence-corrected chi connectivity index (χ0v) is 10.9. The number of halogens is 1. The average Bonchev–Trinajstić information content (AvgIpc) is 2.82. The molecule has 0 aliphatic heterocycles. The van der Waals surface area contributed by atoms with E-state index in [1.165, 1.54) is 12.1 Å². The molecule has 3 aromatic rings. The van der Waals surface area contributed by atoms with E-state index >= 15 is 0 Å². The van der Waals surface area contributed by atoms with E-state index in [9.17, 15) is 12.3 Å². The molecule has 0 aliphatic rings. The second-order valence-electron chi connectivity index (χ2n) is 4.07. The molecular formula is C13H9FN2O3S. The van der Waals surface area contributed by atoms with Crippen LogP contribution in [-0.4, -0.2) is 18.0 Å². The minimum absolute atomic E-state index is 0.0827. The lowest BCUT2D eigenvalue weighted by Gasteiger charge is -2.05. The third kappa shape index (κ3) is 2.48. The van der Waals surface area contributed by atoms with Gasteiger partial charge in [-0.1, -0.05) is 16.0 Å². The van der Waals surface area contributed by atoms with Crippen molar-refractivity contribution in [1.29, 1.82) is 0 Å². The first-order chi connectivity index (χ1) is 9.53. The first kappa shape index (κ1) is 12.6. The van der Waals surface area contributed by atoms with Crippen molar-refractivity contribution >= 4 is 21.5 Å². The fourth-order valence-corrected chi connectivity index (χ4v) is 2.28. The summed E-state index contributed by atoms with van der Waals surface area (Å²) >= 11 is 0. The summed E-state index contributed by atoms with van der Waals surface area (Å²) in [6.07, 6.45) is 1.66. The molecule has 1 heterocycles. The highest BCUT2D eigenvalue weighted by Gasteiger charge is 2.10. The normalized spacial score (nSPS) is 11.7. The number of hydrogen-bond donors (Lipinski definition) is 0. The molecule has 1 aromatic heterocycles. The number of aromatic nitrogens is 2. The van der Waals surface area contributed by atoms with Gasteiger partial charge in [-0.15, -0.1) is 0 Å². The van der Waals surface area contributed by atoms with Crippen LogP contribution in [0, 0.1) is 0 Å². The summed E-state index contributed by atoms with van der Waals surface area (Å²) in [5.41, 5.74) is 2.53. The maximum atomic E-state index is 12.4. The van der Waals surface area contributed by atoms with Crippen molar-refractivity contribution in [2.75, 3.05) is 0 Å². The Hall–Kier alpha value is -2.41. The lowest BCUT2D eigenvalue weighted by Crippen LogP contribution is -2.01. The molecule has 0 bridgehead atoms. The summed E-state index contributed by atoms with van der Waals surface area (Å²) in [6.45, 7) is 0. The average molecular weight is 292 g/mol. The van der Waals surface area contributed by atoms with Crippen molar-refractivity contribution in [2.45, 2.75) is 0 Å². The first-order valence-electron chi connectivity index (χ1n) is 5.69. The summed E-state index contributed by atoms with van der Waals surface area (Å²) in [5, 5.41) is 0. The van der Waals surface area contributed by atoms with Crippen LogP contribution >= 0.6 is 0 Å². The molecule has 102 valence electrons. The van der Waals surface area contributed by atoms with E-state index in [4.69, 9.17) is 0 Å².